The van der Waals surface area contributed by atoms with Crippen molar-refractivity contribution in [3.8, 4) is 0 Å². The van der Waals surface area contributed by atoms with Gasteiger partial charge in [0, 0.05) is 0 Å². The Balaban J connectivity index is 2.32. The summed E-state index contributed by atoms with van der Waals surface area (Å²) >= 11 is 0. The number of hydrogen-bond acceptors (Lipinski definition) is 1. The molecule has 24 valence electrons. The van der Waals surface area contributed by atoms with Gasteiger partial charge in [-0.15, -0.1) is 0 Å². The van der Waals surface area contributed by atoms with Crippen LogP contribution in [0.4, 0.5) is 0 Å². The molecule has 2 N–H and O–H groups in total. The normalized spacial score (nSPS) is 6.75. The molecule has 1 nitrogen and oxygen atoms in total. The van der Waals surface area contributed by atoms with Gasteiger partial charge in [0.25, 0.3) is 0 Å². The molecule has 0 atom stereocenters. The molecule has 0 saturated heterocycles. The summed E-state index contributed by atoms with van der Waals surface area (Å²) in [6.07, 6.45) is 0. The van der Waals surface area contributed by atoms with Crippen LogP contribution in [0, 0.1) is 0 Å². The van der Waals surface area contributed by atoms with E-state index in [-0.39, 0.29) is 0 Å². The van der Waals surface area contributed by atoms with Gasteiger partial charge in [0.05, 0.1) is 0 Å². The van der Waals surface area contributed by atoms with Crippen LogP contribution in [0.2, 0.25) is 13.6 Å². The molecular formula is C2H8BN. The molecule has 0 saturated carbocycles. The van der Waals surface area contributed by atoms with Crippen molar-refractivity contribution in [1.82, 2.24) is 0 Å². The Bertz CT molecular complexity index is 10.8. The Morgan fingerprint density at radius 2 is 1.50 bits per heavy atom. The summed E-state index contributed by atoms with van der Waals surface area (Å²) in [7, 11) is 0. The second-order valence-corrected chi connectivity index (χ2v) is 1.24. The Hall–Kier alpha value is 0.0249. The maximum absolute atomic E-state index is 5.11. The minimum Gasteiger partial charge on any atom is -0.370 e. The highest BCUT2D eigenvalue weighted by Gasteiger charge is 1.77. The van der Waals surface area contributed by atoms with Crippen molar-refractivity contribution in [2.45, 2.75) is 13.6 Å². The second kappa shape index (κ2) is 1.36. The summed E-state index contributed by atoms with van der Waals surface area (Å²) in [6, 6.07) is 0. The van der Waals surface area contributed by atoms with E-state index in [2.05, 4.69) is 0 Å². The average Bonchev–Trinajstić information content (AvgIpc) is 0.811. The van der Waals surface area contributed by atoms with Crippen LogP contribution in [0.1, 0.15) is 0 Å². The standard InChI is InChI=1S/C2H8BN/c1-3(2)4/h4H2,1-2H3. The third-order valence-corrected chi connectivity index (χ3v) is 0. The van der Waals surface area contributed by atoms with Crippen molar-refractivity contribution < 1.29 is 0 Å². The Morgan fingerprint density at radius 3 is 1.50 bits per heavy atom. The van der Waals surface area contributed by atoms with Gasteiger partial charge in [-0.25, -0.2) is 0 Å². The largest absolute Gasteiger partial charge is 0.370 e. The van der Waals surface area contributed by atoms with Crippen molar-refractivity contribution in [3.05, 3.63) is 0 Å². The first-order chi connectivity index (χ1) is 1.73. The summed E-state index contributed by atoms with van der Waals surface area (Å²) < 4.78 is 0. The molecule has 0 unspecified atom stereocenters. The maximum Gasteiger partial charge on any atom is 0.211 e. The van der Waals surface area contributed by atoms with Crippen molar-refractivity contribution >= 4 is 6.85 Å². The number of nitrogens with two attached hydrogens (primary N) is 1. The lowest BCUT2D eigenvalue weighted by Crippen LogP contribution is -2.13. The zero-order valence-electron chi connectivity index (χ0n) is 3.15. The lowest BCUT2D eigenvalue weighted by atomic mass is 9.71. The molecule has 0 rings (SSSR count). The van der Waals surface area contributed by atoms with Gasteiger partial charge in [-0.2, -0.15) is 0 Å². The fourth-order valence-corrected chi connectivity index (χ4v) is 0. The van der Waals surface area contributed by atoms with Crippen LogP contribution >= 0.6 is 0 Å². The lowest BCUT2D eigenvalue weighted by molar-refractivity contribution is 1.74. The quantitative estimate of drug-likeness (QED) is 0.395. The van der Waals surface area contributed by atoms with E-state index >= 15 is 0 Å². The van der Waals surface area contributed by atoms with Crippen LogP contribution in [0.5, 0.6) is 0 Å². The molecule has 0 aliphatic rings. The monoisotopic (exact) mass is 57.1 g/mol. The Labute approximate surface area is 27.3 Å². The highest BCUT2D eigenvalue weighted by Crippen LogP contribution is 1.53. The molecule has 0 aromatic heterocycles. The van der Waals surface area contributed by atoms with Gasteiger partial charge in [-0.05, 0) is 0 Å². The zero-order chi connectivity index (χ0) is 3.58. The second-order valence-electron chi connectivity index (χ2n) is 1.24. The molecule has 0 fully saturated rings. The average molecular weight is 56.9 g/mol. The first kappa shape index (κ1) is 4.02. The van der Waals surface area contributed by atoms with Crippen molar-refractivity contribution in [2.75, 3.05) is 0 Å². The summed E-state index contributed by atoms with van der Waals surface area (Å²) in [6.45, 7) is 4.22. The van der Waals surface area contributed by atoms with Crippen LogP contribution in [0.3, 0.4) is 0 Å². The molecule has 0 aliphatic carbocycles. The van der Waals surface area contributed by atoms with Crippen LogP contribution in [0.15, 0.2) is 0 Å². The molecule has 0 radical (unpaired) electrons. The lowest BCUT2D eigenvalue weighted by Gasteiger charge is -1.73. The van der Waals surface area contributed by atoms with Gasteiger partial charge in [0.2, 0.25) is 6.85 Å². The number of rotatable bonds is 0. The Morgan fingerprint density at radius 1 is 1.50 bits per heavy atom. The molecule has 0 aromatic rings. The van der Waals surface area contributed by atoms with E-state index in [1.807, 2.05) is 13.6 Å². The van der Waals surface area contributed by atoms with Gasteiger partial charge >= 0.3 is 0 Å². The van der Waals surface area contributed by atoms with Crippen LogP contribution in [-0.4, -0.2) is 6.85 Å². The molecule has 0 heterocycles. The summed E-state index contributed by atoms with van der Waals surface area (Å²) in [4.78, 5) is 0. The summed E-state index contributed by atoms with van der Waals surface area (Å²) in [5.41, 5.74) is 5.11. The fourth-order valence-electron chi connectivity index (χ4n) is 0. The molecule has 0 amide bonds. The van der Waals surface area contributed by atoms with Crippen LogP contribution < -0.4 is 5.64 Å². The van der Waals surface area contributed by atoms with E-state index in [0.29, 0.717) is 6.85 Å². The van der Waals surface area contributed by atoms with Crippen LogP contribution in [0.25, 0.3) is 0 Å². The zero-order valence-corrected chi connectivity index (χ0v) is 3.15. The van der Waals surface area contributed by atoms with E-state index in [4.69, 9.17) is 5.64 Å². The van der Waals surface area contributed by atoms with Crippen molar-refractivity contribution in [1.29, 1.82) is 0 Å². The fraction of sp³-hybridized carbons (Fsp3) is 1.00. The highest BCUT2D eigenvalue weighted by molar-refractivity contribution is 6.51. The first-order valence-electron chi connectivity index (χ1n) is 1.49. The van der Waals surface area contributed by atoms with E-state index in [0.717, 1.165) is 0 Å². The SMILES string of the molecule is CB(C)N. The first-order valence-corrected chi connectivity index (χ1v) is 1.49. The smallest absolute Gasteiger partial charge is 0.211 e. The van der Waals surface area contributed by atoms with E-state index < -0.39 is 0 Å². The molecule has 4 heavy (non-hydrogen) atoms. The van der Waals surface area contributed by atoms with Crippen molar-refractivity contribution in [2.24, 2.45) is 5.64 Å². The van der Waals surface area contributed by atoms with E-state index in [1.165, 1.54) is 0 Å². The minimum atomic E-state index is 0.333. The third kappa shape index (κ3) is 3420. The van der Waals surface area contributed by atoms with E-state index in [1.54, 1.807) is 0 Å². The van der Waals surface area contributed by atoms with Gasteiger partial charge in [-0.3, -0.25) is 0 Å². The van der Waals surface area contributed by atoms with Crippen LogP contribution in [-0.2, 0) is 0 Å². The topological polar surface area (TPSA) is 26.0 Å². The highest BCUT2D eigenvalue weighted by atomic mass is 14.4. The maximum atomic E-state index is 5.11. The van der Waals surface area contributed by atoms with E-state index in [9.17, 15) is 0 Å². The molecule has 0 aliphatic heterocycles. The van der Waals surface area contributed by atoms with Gasteiger partial charge in [0.15, 0.2) is 0 Å². The predicted octanol–water partition coefficient (Wildman–Crippen LogP) is 0.196. The van der Waals surface area contributed by atoms with Gasteiger partial charge in [0.1, 0.15) is 0 Å². The van der Waals surface area contributed by atoms with Crippen molar-refractivity contribution in [3.63, 3.8) is 0 Å². The third-order valence-electron chi connectivity index (χ3n) is 0. The Kier molecular flexibility index (Phi) is 1.36. The minimum absolute atomic E-state index is 0.333. The molecule has 0 aromatic carbocycles. The van der Waals surface area contributed by atoms with Gasteiger partial charge < -0.3 is 5.64 Å². The number of hydrogen-bond donors (Lipinski definition) is 1. The summed E-state index contributed by atoms with van der Waals surface area (Å²) in [5, 5.41) is 0. The molecule has 2 heteroatoms. The van der Waals surface area contributed by atoms with Gasteiger partial charge in [-0.1, -0.05) is 13.6 Å². The molecular weight excluding hydrogens is 48.8 g/mol. The molecule has 0 bridgehead atoms. The molecule has 0 spiro atoms. The predicted molar refractivity (Wildman–Crippen MR) is 21.7 cm³/mol. The summed E-state index contributed by atoms with van der Waals surface area (Å²) in [5.74, 6) is 0.